The second-order valence-electron chi connectivity index (χ2n) is 5.06. The number of hydrogen-bond acceptors (Lipinski definition) is 4. The predicted octanol–water partition coefficient (Wildman–Crippen LogP) is 2.25. The topological polar surface area (TPSA) is 61.6 Å². The first-order chi connectivity index (χ1) is 8.76. The average Bonchev–Trinajstić information content (AvgIpc) is 2.42. The number of nitrogens with two attached hydrogens (primary N) is 1. The molecule has 18 heavy (non-hydrogen) atoms. The summed E-state index contributed by atoms with van der Waals surface area (Å²) in [5, 5.41) is 0. The Hall–Kier alpha value is -0.610. The van der Waals surface area contributed by atoms with E-state index in [0.717, 1.165) is 38.7 Å². The lowest BCUT2D eigenvalue weighted by Gasteiger charge is -2.22. The number of hydrogen-bond donors (Lipinski definition) is 1. The van der Waals surface area contributed by atoms with Gasteiger partial charge in [-0.25, -0.2) is 0 Å². The molecule has 1 aliphatic heterocycles. The number of esters is 1. The van der Waals surface area contributed by atoms with Crippen LogP contribution in [0.3, 0.4) is 0 Å². The van der Waals surface area contributed by atoms with E-state index in [2.05, 4.69) is 6.92 Å². The highest BCUT2D eigenvalue weighted by molar-refractivity contribution is 5.69. The van der Waals surface area contributed by atoms with Gasteiger partial charge in [-0.15, -0.1) is 0 Å². The molecule has 0 saturated carbocycles. The number of carbonyl (C=O) groups is 1. The molecule has 1 aliphatic rings. The summed E-state index contributed by atoms with van der Waals surface area (Å²) >= 11 is 0. The zero-order valence-corrected chi connectivity index (χ0v) is 11.5. The van der Waals surface area contributed by atoms with Gasteiger partial charge in [-0.1, -0.05) is 13.3 Å². The minimum absolute atomic E-state index is 0.0976. The van der Waals surface area contributed by atoms with Crippen LogP contribution in [0.15, 0.2) is 0 Å². The van der Waals surface area contributed by atoms with Gasteiger partial charge >= 0.3 is 5.97 Å². The van der Waals surface area contributed by atoms with Crippen molar-refractivity contribution in [2.24, 2.45) is 11.7 Å². The molecular formula is C14H27NO3. The molecule has 0 aromatic heterocycles. The molecule has 2 N–H and O–H groups in total. The van der Waals surface area contributed by atoms with Crippen LogP contribution in [0, 0.1) is 5.92 Å². The monoisotopic (exact) mass is 257 g/mol. The highest BCUT2D eigenvalue weighted by atomic mass is 16.6. The molecule has 106 valence electrons. The standard InChI is InChI=1S/C14H27NO3/c1-2-12(8-9-15)6-7-14(16)18-11-13-5-3-4-10-17-13/h12-13H,2-11,15H2,1H3. The van der Waals surface area contributed by atoms with Crippen LogP contribution in [0.5, 0.6) is 0 Å². The van der Waals surface area contributed by atoms with Crippen molar-refractivity contribution < 1.29 is 14.3 Å². The van der Waals surface area contributed by atoms with Gasteiger partial charge in [0, 0.05) is 13.0 Å². The molecule has 4 nitrogen and oxygen atoms in total. The van der Waals surface area contributed by atoms with Crippen LogP contribution in [-0.4, -0.2) is 31.8 Å². The molecule has 0 bridgehead atoms. The Bertz CT molecular complexity index is 216. The second-order valence-corrected chi connectivity index (χ2v) is 5.06. The molecule has 1 saturated heterocycles. The SMILES string of the molecule is CCC(CCN)CCC(=O)OCC1CCCCO1. The Labute approximate surface area is 110 Å². The first-order valence-electron chi connectivity index (χ1n) is 7.23. The molecule has 4 heteroatoms. The van der Waals surface area contributed by atoms with Crippen molar-refractivity contribution in [1.29, 1.82) is 0 Å². The lowest BCUT2D eigenvalue weighted by atomic mass is 9.97. The van der Waals surface area contributed by atoms with Gasteiger partial charge < -0.3 is 15.2 Å². The van der Waals surface area contributed by atoms with Crippen LogP contribution in [0.25, 0.3) is 0 Å². The molecule has 2 unspecified atom stereocenters. The lowest BCUT2D eigenvalue weighted by molar-refractivity contribution is -0.149. The summed E-state index contributed by atoms with van der Waals surface area (Å²) in [5.74, 6) is 0.452. The van der Waals surface area contributed by atoms with E-state index in [1.165, 1.54) is 6.42 Å². The fraction of sp³-hybridized carbons (Fsp3) is 0.929. The summed E-state index contributed by atoms with van der Waals surface area (Å²) in [6.45, 7) is 4.06. The second kappa shape index (κ2) is 9.34. The fourth-order valence-electron chi connectivity index (χ4n) is 2.31. The van der Waals surface area contributed by atoms with E-state index in [4.69, 9.17) is 15.2 Å². The Morgan fingerprint density at radius 3 is 2.89 bits per heavy atom. The highest BCUT2D eigenvalue weighted by Gasteiger charge is 2.16. The molecule has 0 radical (unpaired) electrons. The first-order valence-corrected chi connectivity index (χ1v) is 7.23. The molecule has 1 fully saturated rings. The predicted molar refractivity (Wildman–Crippen MR) is 71.2 cm³/mol. The maximum Gasteiger partial charge on any atom is 0.305 e. The summed E-state index contributed by atoms with van der Waals surface area (Å²) in [6, 6.07) is 0. The molecule has 0 spiro atoms. The van der Waals surface area contributed by atoms with Gasteiger partial charge in [0.2, 0.25) is 0 Å². The fourth-order valence-corrected chi connectivity index (χ4v) is 2.31. The highest BCUT2D eigenvalue weighted by Crippen LogP contribution is 2.16. The summed E-state index contributed by atoms with van der Waals surface area (Å²) in [6.07, 6.45) is 6.90. The molecule has 1 heterocycles. The lowest BCUT2D eigenvalue weighted by Crippen LogP contribution is -2.26. The van der Waals surface area contributed by atoms with E-state index in [0.29, 0.717) is 25.5 Å². The smallest absolute Gasteiger partial charge is 0.305 e. The third-order valence-corrected chi connectivity index (χ3v) is 3.61. The summed E-state index contributed by atoms with van der Waals surface area (Å²) in [5.41, 5.74) is 5.53. The Balaban J connectivity index is 2.08. The van der Waals surface area contributed by atoms with Gasteiger partial charge in [0.05, 0.1) is 6.10 Å². The third-order valence-electron chi connectivity index (χ3n) is 3.61. The molecule has 2 atom stereocenters. The van der Waals surface area contributed by atoms with Gasteiger partial charge in [0.15, 0.2) is 0 Å². The summed E-state index contributed by atoms with van der Waals surface area (Å²) < 4.78 is 10.8. The Kier molecular flexibility index (Phi) is 8.01. The van der Waals surface area contributed by atoms with Crippen LogP contribution in [0.1, 0.15) is 51.9 Å². The van der Waals surface area contributed by atoms with Crippen molar-refractivity contribution in [3.8, 4) is 0 Å². The van der Waals surface area contributed by atoms with Crippen LogP contribution in [0.4, 0.5) is 0 Å². The van der Waals surface area contributed by atoms with E-state index in [9.17, 15) is 4.79 Å². The zero-order valence-electron chi connectivity index (χ0n) is 11.5. The van der Waals surface area contributed by atoms with E-state index in [-0.39, 0.29) is 12.1 Å². The van der Waals surface area contributed by atoms with Crippen LogP contribution >= 0.6 is 0 Å². The van der Waals surface area contributed by atoms with Crippen LogP contribution in [0.2, 0.25) is 0 Å². The van der Waals surface area contributed by atoms with E-state index in [1.807, 2.05) is 0 Å². The van der Waals surface area contributed by atoms with E-state index < -0.39 is 0 Å². The van der Waals surface area contributed by atoms with Crippen molar-refractivity contribution in [3.63, 3.8) is 0 Å². The van der Waals surface area contributed by atoms with Crippen LogP contribution in [-0.2, 0) is 14.3 Å². The van der Waals surface area contributed by atoms with Crippen molar-refractivity contribution in [3.05, 3.63) is 0 Å². The minimum atomic E-state index is -0.0976. The Morgan fingerprint density at radius 2 is 2.28 bits per heavy atom. The molecule has 0 aromatic carbocycles. The van der Waals surface area contributed by atoms with Gasteiger partial charge in [0.25, 0.3) is 0 Å². The number of rotatable bonds is 8. The molecule has 1 rings (SSSR count). The molecular weight excluding hydrogens is 230 g/mol. The van der Waals surface area contributed by atoms with Crippen molar-refractivity contribution >= 4 is 5.97 Å². The first kappa shape index (κ1) is 15.4. The van der Waals surface area contributed by atoms with Crippen molar-refractivity contribution in [2.45, 2.75) is 58.0 Å². The van der Waals surface area contributed by atoms with Crippen molar-refractivity contribution in [1.82, 2.24) is 0 Å². The van der Waals surface area contributed by atoms with E-state index >= 15 is 0 Å². The molecule has 0 aromatic rings. The average molecular weight is 257 g/mol. The summed E-state index contributed by atoms with van der Waals surface area (Å²) in [7, 11) is 0. The largest absolute Gasteiger partial charge is 0.463 e. The van der Waals surface area contributed by atoms with Gasteiger partial charge in [-0.3, -0.25) is 4.79 Å². The number of carbonyl (C=O) groups excluding carboxylic acids is 1. The zero-order chi connectivity index (χ0) is 13.2. The quantitative estimate of drug-likeness (QED) is 0.677. The third kappa shape index (κ3) is 6.36. The maximum absolute atomic E-state index is 11.6. The minimum Gasteiger partial charge on any atom is -0.463 e. The number of ether oxygens (including phenoxy) is 2. The van der Waals surface area contributed by atoms with Crippen molar-refractivity contribution in [2.75, 3.05) is 19.8 Å². The van der Waals surface area contributed by atoms with Gasteiger partial charge in [-0.05, 0) is 44.6 Å². The molecule has 0 amide bonds. The van der Waals surface area contributed by atoms with E-state index in [1.54, 1.807) is 0 Å². The van der Waals surface area contributed by atoms with Crippen LogP contribution < -0.4 is 5.73 Å². The van der Waals surface area contributed by atoms with Gasteiger partial charge in [0.1, 0.15) is 6.61 Å². The van der Waals surface area contributed by atoms with Gasteiger partial charge in [-0.2, -0.15) is 0 Å². The maximum atomic E-state index is 11.6. The normalized spacial score (nSPS) is 21.6. The molecule has 0 aliphatic carbocycles. The summed E-state index contributed by atoms with van der Waals surface area (Å²) in [4.78, 5) is 11.6. The Morgan fingerprint density at radius 1 is 1.44 bits per heavy atom.